The van der Waals surface area contributed by atoms with Crippen molar-refractivity contribution in [2.75, 3.05) is 20.7 Å². The molecule has 0 saturated heterocycles. The van der Waals surface area contributed by atoms with E-state index in [1.807, 2.05) is 0 Å². The number of hydrogen-bond donors (Lipinski definition) is 1. The average molecular weight is 334 g/mol. The van der Waals surface area contributed by atoms with Gasteiger partial charge in [-0.25, -0.2) is 18.2 Å². The molecule has 1 fully saturated rings. The van der Waals surface area contributed by atoms with Crippen LogP contribution in [-0.2, 0) is 14.8 Å². The largest absolute Gasteiger partial charge is 0.464 e. The lowest BCUT2D eigenvalue weighted by Crippen LogP contribution is -2.42. The topological polar surface area (TPSA) is 96.8 Å². The van der Waals surface area contributed by atoms with Gasteiger partial charge < -0.3 is 9.84 Å². The molecule has 0 unspecified atom stereocenters. The van der Waals surface area contributed by atoms with E-state index in [-0.39, 0.29) is 16.4 Å². The maximum Gasteiger partial charge on any atom is 0.358 e. The van der Waals surface area contributed by atoms with Crippen LogP contribution in [0.25, 0.3) is 0 Å². The molecule has 0 amide bonds. The first kappa shape index (κ1) is 16.3. The molecule has 2 rings (SSSR count). The van der Waals surface area contributed by atoms with Crippen molar-refractivity contribution < 1.29 is 23.1 Å². The summed E-state index contributed by atoms with van der Waals surface area (Å²) >= 11 is 0.862. The molecule has 9 heteroatoms. The van der Waals surface area contributed by atoms with Crippen molar-refractivity contribution in [3.63, 3.8) is 0 Å². The number of methoxy groups -OCH3 is 1. The van der Waals surface area contributed by atoms with E-state index in [1.165, 1.54) is 19.7 Å². The molecule has 0 aromatic carbocycles. The molecule has 0 spiro atoms. The van der Waals surface area contributed by atoms with Crippen molar-refractivity contribution in [3.05, 3.63) is 11.2 Å². The van der Waals surface area contributed by atoms with E-state index in [0.29, 0.717) is 12.8 Å². The van der Waals surface area contributed by atoms with E-state index in [0.717, 1.165) is 28.5 Å². The van der Waals surface area contributed by atoms with Gasteiger partial charge in [0, 0.05) is 13.6 Å². The minimum atomic E-state index is -3.88. The number of thiazole rings is 1. The molecule has 1 aromatic heterocycles. The van der Waals surface area contributed by atoms with Gasteiger partial charge in [-0.15, -0.1) is 11.3 Å². The predicted octanol–water partition coefficient (Wildman–Crippen LogP) is 0.855. The second-order valence-corrected chi connectivity index (χ2v) is 8.27. The number of likely N-dealkylation sites (N-methyl/N-ethyl adjacent to an activating group) is 1. The van der Waals surface area contributed by atoms with Crippen LogP contribution >= 0.6 is 11.3 Å². The Hall–Kier alpha value is -1.03. The van der Waals surface area contributed by atoms with Gasteiger partial charge >= 0.3 is 5.97 Å². The predicted molar refractivity (Wildman–Crippen MR) is 76.7 cm³/mol. The third-order valence-electron chi connectivity index (χ3n) is 3.61. The molecular weight excluding hydrogens is 316 g/mol. The van der Waals surface area contributed by atoms with E-state index in [2.05, 4.69) is 9.72 Å². The van der Waals surface area contributed by atoms with Gasteiger partial charge in [0.1, 0.15) is 0 Å². The molecule has 1 saturated carbocycles. The summed E-state index contributed by atoms with van der Waals surface area (Å²) in [6.07, 6.45) is 2.94. The van der Waals surface area contributed by atoms with Gasteiger partial charge in [0.25, 0.3) is 10.0 Å². The smallest absolute Gasteiger partial charge is 0.358 e. The summed E-state index contributed by atoms with van der Waals surface area (Å²) in [7, 11) is -1.31. The fourth-order valence-electron chi connectivity index (χ4n) is 2.48. The Morgan fingerprint density at radius 3 is 2.71 bits per heavy atom. The first-order chi connectivity index (χ1) is 9.80. The summed E-state index contributed by atoms with van der Waals surface area (Å²) in [6, 6.07) is 0. The molecular formula is C12H18N2O5S2. The highest BCUT2D eigenvalue weighted by atomic mass is 32.2. The van der Waals surface area contributed by atoms with Crippen LogP contribution in [0.3, 0.4) is 0 Å². The second kappa shape index (κ2) is 5.99. The summed E-state index contributed by atoms with van der Waals surface area (Å²) in [6.45, 7) is 0.00778. The number of esters is 1. The molecule has 0 aliphatic heterocycles. The van der Waals surface area contributed by atoms with Crippen LogP contribution in [0.1, 0.15) is 36.2 Å². The number of nitrogens with zero attached hydrogens (tertiary/aromatic N) is 2. The number of rotatable bonds is 5. The van der Waals surface area contributed by atoms with E-state index < -0.39 is 21.6 Å². The van der Waals surface area contributed by atoms with Crippen LogP contribution in [0.15, 0.2) is 9.72 Å². The Morgan fingerprint density at radius 1 is 1.52 bits per heavy atom. The average Bonchev–Trinajstić information content (AvgIpc) is 3.06. The highest BCUT2D eigenvalue weighted by Crippen LogP contribution is 2.32. The maximum atomic E-state index is 12.5. The zero-order valence-corrected chi connectivity index (χ0v) is 13.5. The van der Waals surface area contributed by atoms with Gasteiger partial charge in [0.05, 0.1) is 18.2 Å². The molecule has 7 nitrogen and oxygen atoms in total. The SMILES string of the molecule is COC(=O)c1ncsc1S(=O)(=O)N(C)CC1(O)CCCC1. The number of carbonyl (C=O) groups is 1. The number of hydrogen-bond acceptors (Lipinski definition) is 7. The van der Waals surface area contributed by atoms with Gasteiger partial charge in [-0.1, -0.05) is 12.8 Å². The lowest BCUT2D eigenvalue weighted by Gasteiger charge is -2.27. The van der Waals surface area contributed by atoms with Crippen LogP contribution in [0, 0.1) is 0 Å². The number of ether oxygens (including phenoxy) is 1. The first-order valence-electron chi connectivity index (χ1n) is 6.51. The van der Waals surface area contributed by atoms with Crippen molar-refractivity contribution in [2.24, 2.45) is 0 Å². The van der Waals surface area contributed by atoms with Gasteiger partial charge in [-0.05, 0) is 12.8 Å². The maximum absolute atomic E-state index is 12.5. The lowest BCUT2D eigenvalue weighted by molar-refractivity contribution is 0.0334. The van der Waals surface area contributed by atoms with Gasteiger partial charge in [-0.3, -0.25) is 0 Å². The molecule has 118 valence electrons. The number of sulfonamides is 1. The Balaban J connectivity index is 2.25. The second-order valence-electron chi connectivity index (χ2n) is 5.17. The fourth-order valence-corrected chi connectivity index (χ4v) is 5.06. The van der Waals surface area contributed by atoms with Crippen LogP contribution in [0.5, 0.6) is 0 Å². The van der Waals surface area contributed by atoms with E-state index in [4.69, 9.17) is 0 Å². The van der Waals surface area contributed by atoms with Crippen molar-refractivity contribution in [2.45, 2.75) is 35.5 Å². The van der Waals surface area contributed by atoms with Gasteiger partial charge in [-0.2, -0.15) is 4.31 Å². The van der Waals surface area contributed by atoms with Crippen molar-refractivity contribution >= 4 is 27.3 Å². The monoisotopic (exact) mass is 334 g/mol. The summed E-state index contributed by atoms with van der Waals surface area (Å²) in [5.74, 6) is -0.789. The summed E-state index contributed by atoms with van der Waals surface area (Å²) in [5.41, 5.74) is 0.0858. The minimum Gasteiger partial charge on any atom is -0.464 e. The van der Waals surface area contributed by atoms with Crippen molar-refractivity contribution in [3.8, 4) is 0 Å². The van der Waals surface area contributed by atoms with E-state index in [1.54, 1.807) is 0 Å². The standard InChI is InChI=1S/C12H18N2O5S2/c1-14(7-12(16)5-3-4-6-12)21(17,18)11-9(10(15)19-2)13-8-20-11/h8,16H,3-7H2,1-2H3. The first-order valence-corrected chi connectivity index (χ1v) is 8.83. The van der Waals surface area contributed by atoms with Crippen molar-refractivity contribution in [1.29, 1.82) is 0 Å². The number of carbonyl (C=O) groups excluding carboxylic acids is 1. The molecule has 21 heavy (non-hydrogen) atoms. The Morgan fingerprint density at radius 2 is 2.14 bits per heavy atom. The highest BCUT2D eigenvalue weighted by Gasteiger charge is 2.37. The molecule has 0 atom stereocenters. The minimum absolute atomic E-state index is 0.00778. The summed E-state index contributed by atoms with van der Waals surface area (Å²) in [4.78, 5) is 15.3. The third-order valence-corrected chi connectivity index (χ3v) is 6.76. The van der Waals surface area contributed by atoms with Crippen LogP contribution < -0.4 is 0 Å². The summed E-state index contributed by atoms with van der Waals surface area (Å²) in [5, 5.41) is 10.3. The molecule has 1 aromatic rings. The van der Waals surface area contributed by atoms with Crippen LogP contribution in [0.4, 0.5) is 0 Å². The lowest BCUT2D eigenvalue weighted by atomic mass is 10.0. The molecule has 1 aliphatic rings. The fraction of sp³-hybridized carbons (Fsp3) is 0.667. The number of aliphatic hydroxyl groups is 1. The molecule has 1 N–H and O–H groups in total. The quantitative estimate of drug-likeness (QED) is 0.802. The normalized spacial score (nSPS) is 18.1. The molecule has 1 heterocycles. The zero-order chi connectivity index (χ0) is 15.7. The third kappa shape index (κ3) is 3.25. The van der Waals surface area contributed by atoms with Crippen molar-refractivity contribution in [1.82, 2.24) is 9.29 Å². The molecule has 0 bridgehead atoms. The highest BCUT2D eigenvalue weighted by molar-refractivity contribution is 7.91. The van der Waals surface area contributed by atoms with E-state index >= 15 is 0 Å². The zero-order valence-electron chi connectivity index (χ0n) is 11.9. The Labute approximate surface area is 127 Å². The Bertz CT molecular complexity index is 619. The van der Waals surface area contributed by atoms with Crippen LogP contribution in [0.2, 0.25) is 0 Å². The van der Waals surface area contributed by atoms with Gasteiger partial charge in [0.15, 0.2) is 9.90 Å². The molecule has 1 aliphatic carbocycles. The number of aromatic nitrogens is 1. The van der Waals surface area contributed by atoms with Gasteiger partial charge in [0.2, 0.25) is 0 Å². The molecule has 0 radical (unpaired) electrons. The van der Waals surface area contributed by atoms with E-state index in [9.17, 15) is 18.3 Å². The Kier molecular flexibility index (Phi) is 4.66. The summed E-state index contributed by atoms with van der Waals surface area (Å²) < 4.78 is 30.5. The van der Waals surface area contributed by atoms with Crippen LogP contribution in [-0.4, -0.2) is 55.1 Å².